The van der Waals surface area contributed by atoms with E-state index in [9.17, 15) is 0 Å². The van der Waals surface area contributed by atoms with E-state index in [1.54, 1.807) is 0 Å². The predicted octanol–water partition coefficient (Wildman–Crippen LogP) is 3.06. The summed E-state index contributed by atoms with van der Waals surface area (Å²) in [5.74, 6) is 1.85. The molecule has 0 aliphatic heterocycles. The number of oxazole rings is 1. The van der Waals surface area contributed by atoms with E-state index in [1.807, 2.05) is 24.3 Å². The molecule has 3 heteroatoms. The Labute approximate surface area is 101 Å². The van der Waals surface area contributed by atoms with Crippen molar-refractivity contribution >= 4 is 11.1 Å². The number of nitrogens with two attached hydrogens (primary N) is 1. The molecule has 3 rings (SSSR count). The first kappa shape index (κ1) is 10.8. The van der Waals surface area contributed by atoms with Crippen LogP contribution in [0.1, 0.15) is 37.5 Å². The highest BCUT2D eigenvalue weighted by atomic mass is 16.3. The number of benzene rings is 1. The summed E-state index contributed by atoms with van der Waals surface area (Å²) in [5, 5.41) is 0. The summed E-state index contributed by atoms with van der Waals surface area (Å²) in [6.45, 7) is 0.739. The second-order valence-electron chi connectivity index (χ2n) is 4.91. The molecule has 1 heterocycles. The summed E-state index contributed by atoms with van der Waals surface area (Å²) in [7, 11) is 0. The fourth-order valence-corrected chi connectivity index (χ4v) is 2.86. The van der Waals surface area contributed by atoms with Gasteiger partial charge in [0.05, 0.1) is 0 Å². The Hall–Kier alpha value is -1.35. The zero-order valence-corrected chi connectivity index (χ0v) is 9.93. The van der Waals surface area contributed by atoms with Gasteiger partial charge in [0.2, 0.25) is 0 Å². The molecule has 1 aromatic carbocycles. The van der Waals surface area contributed by atoms with Crippen molar-refractivity contribution < 1.29 is 4.42 Å². The molecule has 17 heavy (non-hydrogen) atoms. The lowest BCUT2D eigenvalue weighted by atomic mass is 9.79. The third-order valence-corrected chi connectivity index (χ3v) is 3.84. The lowest BCUT2D eigenvalue weighted by molar-refractivity contribution is 0.275. The molecule has 0 spiro atoms. The summed E-state index contributed by atoms with van der Waals surface area (Å²) < 4.78 is 5.87. The first-order valence-electron chi connectivity index (χ1n) is 6.44. The molecule has 1 aliphatic rings. The van der Waals surface area contributed by atoms with Crippen LogP contribution in [-0.2, 0) is 0 Å². The van der Waals surface area contributed by atoms with E-state index in [-0.39, 0.29) is 0 Å². The lowest BCUT2D eigenvalue weighted by Gasteiger charge is -2.27. The topological polar surface area (TPSA) is 52.0 Å². The molecule has 2 aromatic rings. The van der Waals surface area contributed by atoms with Gasteiger partial charge >= 0.3 is 0 Å². The SMILES string of the molecule is NCC1CCCCC1c1nc2ccccc2o1. The van der Waals surface area contributed by atoms with Gasteiger partial charge in [0, 0.05) is 5.92 Å². The minimum absolute atomic E-state index is 0.418. The highest BCUT2D eigenvalue weighted by molar-refractivity contribution is 5.72. The van der Waals surface area contributed by atoms with Gasteiger partial charge in [-0.1, -0.05) is 25.0 Å². The van der Waals surface area contributed by atoms with Crippen molar-refractivity contribution in [3.8, 4) is 0 Å². The zero-order chi connectivity index (χ0) is 11.7. The maximum absolute atomic E-state index is 5.87. The van der Waals surface area contributed by atoms with E-state index in [1.165, 1.54) is 19.3 Å². The molecular formula is C14H18N2O. The van der Waals surface area contributed by atoms with Crippen LogP contribution in [0.4, 0.5) is 0 Å². The van der Waals surface area contributed by atoms with E-state index in [0.717, 1.165) is 30.0 Å². The molecule has 2 unspecified atom stereocenters. The average Bonchev–Trinajstić information content (AvgIpc) is 2.82. The van der Waals surface area contributed by atoms with Crippen LogP contribution in [0.2, 0.25) is 0 Å². The minimum Gasteiger partial charge on any atom is -0.440 e. The fourth-order valence-electron chi connectivity index (χ4n) is 2.86. The van der Waals surface area contributed by atoms with E-state index >= 15 is 0 Å². The Morgan fingerprint density at radius 1 is 1.24 bits per heavy atom. The summed E-state index contributed by atoms with van der Waals surface area (Å²) >= 11 is 0. The third-order valence-electron chi connectivity index (χ3n) is 3.84. The second kappa shape index (κ2) is 4.49. The largest absolute Gasteiger partial charge is 0.440 e. The number of hydrogen-bond donors (Lipinski definition) is 1. The summed E-state index contributed by atoms with van der Waals surface area (Å²) in [4.78, 5) is 4.61. The number of hydrogen-bond acceptors (Lipinski definition) is 3. The van der Waals surface area contributed by atoms with Gasteiger partial charge in [0.25, 0.3) is 0 Å². The minimum atomic E-state index is 0.418. The van der Waals surface area contributed by atoms with Crippen molar-refractivity contribution in [1.82, 2.24) is 4.98 Å². The molecule has 90 valence electrons. The molecule has 3 nitrogen and oxygen atoms in total. The average molecular weight is 230 g/mol. The van der Waals surface area contributed by atoms with Crippen LogP contribution in [0.25, 0.3) is 11.1 Å². The van der Waals surface area contributed by atoms with Gasteiger partial charge in [0.1, 0.15) is 5.52 Å². The summed E-state index contributed by atoms with van der Waals surface area (Å²) in [6, 6.07) is 7.96. The molecular weight excluding hydrogens is 212 g/mol. The molecule has 0 saturated heterocycles. The Kier molecular flexibility index (Phi) is 2.85. The first-order valence-corrected chi connectivity index (χ1v) is 6.44. The zero-order valence-electron chi connectivity index (χ0n) is 9.93. The monoisotopic (exact) mass is 230 g/mol. The van der Waals surface area contributed by atoms with Crippen molar-refractivity contribution in [2.75, 3.05) is 6.54 Å². The van der Waals surface area contributed by atoms with Crippen LogP contribution >= 0.6 is 0 Å². The lowest BCUT2D eigenvalue weighted by Crippen LogP contribution is -2.25. The number of nitrogens with zero attached hydrogens (tertiary/aromatic N) is 1. The van der Waals surface area contributed by atoms with Crippen LogP contribution in [-0.4, -0.2) is 11.5 Å². The third kappa shape index (κ3) is 1.95. The van der Waals surface area contributed by atoms with Crippen molar-refractivity contribution in [3.05, 3.63) is 30.2 Å². The van der Waals surface area contributed by atoms with Gasteiger partial charge in [-0.3, -0.25) is 0 Å². The number of para-hydroxylation sites is 2. The maximum atomic E-state index is 5.87. The van der Waals surface area contributed by atoms with Crippen molar-refractivity contribution in [2.45, 2.75) is 31.6 Å². The van der Waals surface area contributed by atoms with Crippen LogP contribution in [0.15, 0.2) is 28.7 Å². The molecule has 1 aliphatic carbocycles. The summed E-state index contributed by atoms with van der Waals surface area (Å²) in [6.07, 6.45) is 4.92. The first-order chi connectivity index (χ1) is 8.38. The number of rotatable bonds is 2. The normalized spacial score (nSPS) is 25.2. The van der Waals surface area contributed by atoms with E-state index < -0.39 is 0 Å². The molecule has 2 atom stereocenters. The van der Waals surface area contributed by atoms with Gasteiger partial charge in [-0.05, 0) is 37.4 Å². The molecule has 1 saturated carbocycles. The Morgan fingerprint density at radius 3 is 2.88 bits per heavy atom. The molecule has 1 fully saturated rings. The number of fused-ring (bicyclic) bond motifs is 1. The van der Waals surface area contributed by atoms with Crippen molar-refractivity contribution in [2.24, 2.45) is 11.7 Å². The van der Waals surface area contributed by atoms with Gasteiger partial charge in [0.15, 0.2) is 11.5 Å². The van der Waals surface area contributed by atoms with E-state index in [0.29, 0.717) is 11.8 Å². The second-order valence-corrected chi connectivity index (χ2v) is 4.91. The Bertz CT molecular complexity index is 473. The molecule has 2 N–H and O–H groups in total. The van der Waals surface area contributed by atoms with Gasteiger partial charge in [-0.15, -0.1) is 0 Å². The van der Waals surface area contributed by atoms with Gasteiger partial charge < -0.3 is 10.2 Å². The smallest absolute Gasteiger partial charge is 0.198 e. The highest BCUT2D eigenvalue weighted by Gasteiger charge is 2.29. The Balaban J connectivity index is 1.96. The van der Waals surface area contributed by atoms with Crippen LogP contribution in [0.3, 0.4) is 0 Å². The fraction of sp³-hybridized carbons (Fsp3) is 0.500. The molecule has 0 radical (unpaired) electrons. The maximum Gasteiger partial charge on any atom is 0.198 e. The van der Waals surface area contributed by atoms with Crippen molar-refractivity contribution in [3.63, 3.8) is 0 Å². The van der Waals surface area contributed by atoms with Gasteiger partial charge in [-0.25, -0.2) is 4.98 Å². The standard InChI is InChI=1S/C14H18N2O/c15-9-10-5-1-2-6-11(10)14-16-12-7-3-4-8-13(12)17-14/h3-4,7-8,10-11H,1-2,5-6,9,15H2. The van der Waals surface area contributed by atoms with E-state index in [2.05, 4.69) is 4.98 Å². The summed E-state index contributed by atoms with van der Waals surface area (Å²) in [5.41, 5.74) is 7.71. The van der Waals surface area contributed by atoms with E-state index in [4.69, 9.17) is 10.2 Å². The quantitative estimate of drug-likeness (QED) is 0.862. The van der Waals surface area contributed by atoms with Crippen LogP contribution in [0, 0.1) is 5.92 Å². The molecule has 0 amide bonds. The molecule has 0 bridgehead atoms. The number of aromatic nitrogens is 1. The van der Waals surface area contributed by atoms with Gasteiger partial charge in [-0.2, -0.15) is 0 Å². The van der Waals surface area contributed by atoms with Crippen molar-refractivity contribution in [1.29, 1.82) is 0 Å². The molecule has 1 aromatic heterocycles. The predicted molar refractivity (Wildman–Crippen MR) is 67.8 cm³/mol. The van der Waals surface area contributed by atoms with Crippen LogP contribution in [0.5, 0.6) is 0 Å². The highest BCUT2D eigenvalue weighted by Crippen LogP contribution is 2.37. The Morgan fingerprint density at radius 2 is 2.06 bits per heavy atom. The van der Waals surface area contributed by atoms with Crippen LogP contribution < -0.4 is 5.73 Å².